The molecule has 17 heavy (non-hydrogen) atoms. The molecule has 1 unspecified atom stereocenters. The van der Waals surface area contributed by atoms with Crippen LogP contribution in [0.15, 0.2) is 24.3 Å². The second-order valence-corrected chi connectivity index (χ2v) is 3.94. The number of rotatable bonds is 1. The van der Waals surface area contributed by atoms with Crippen LogP contribution in [0, 0.1) is 6.92 Å². The predicted octanol–water partition coefficient (Wildman–Crippen LogP) is 0.527. The maximum atomic E-state index is 10.4. The number of nitrogens with one attached hydrogen (secondary N) is 1. The van der Waals surface area contributed by atoms with Crippen LogP contribution in [0.2, 0.25) is 0 Å². The van der Waals surface area contributed by atoms with Gasteiger partial charge in [-0.2, -0.15) is 0 Å². The maximum Gasteiger partial charge on any atom is 0.335 e. The molecule has 1 aromatic rings. The molecule has 5 nitrogen and oxygen atoms in total. The predicted molar refractivity (Wildman–Crippen MR) is 63.7 cm³/mol. The number of carboxylic acid groups (broad SMARTS) is 1. The van der Waals surface area contributed by atoms with Crippen molar-refractivity contribution < 1.29 is 14.7 Å². The summed E-state index contributed by atoms with van der Waals surface area (Å²) in [5.41, 5.74) is 6.66. The van der Waals surface area contributed by atoms with Gasteiger partial charge in [-0.1, -0.05) is 17.7 Å². The summed E-state index contributed by atoms with van der Waals surface area (Å²) in [6.45, 7) is 2.52. The Kier molecular flexibility index (Phi) is 4.66. The number of hydrogen-bond donors (Lipinski definition) is 3. The summed E-state index contributed by atoms with van der Waals surface area (Å²) in [6, 6.07) is 6.88. The van der Waals surface area contributed by atoms with Gasteiger partial charge in [0.1, 0.15) is 0 Å². The lowest BCUT2D eigenvalue weighted by Crippen LogP contribution is -2.22. The number of carboxylic acids is 1. The van der Waals surface area contributed by atoms with E-state index in [4.69, 9.17) is 10.8 Å². The van der Waals surface area contributed by atoms with Crippen molar-refractivity contribution in [3.8, 4) is 0 Å². The highest BCUT2D eigenvalue weighted by Crippen LogP contribution is 2.02. The van der Waals surface area contributed by atoms with Crippen LogP contribution in [0.1, 0.15) is 22.3 Å². The molecule has 0 aromatic heterocycles. The molecule has 1 aliphatic rings. The Balaban J connectivity index is 0.000000181. The zero-order chi connectivity index (χ0) is 12.8. The van der Waals surface area contributed by atoms with E-state index < -0.39 is 5.97 Å². The van der Waals surface area contributed by atoms with Crippen LogP contribution >= 0.6 is 0 Å². The second kappa shape index (κ2) is 6.00. The largest absolute Gasteiger partial charge is 0.478 e. The van der Waals surface area contributed by atoms with Gasteiger partial charge in [0.15, 0.2) is 0 Å². The SMILES string of the molecule is Cc1cccc(C(=O)O)c1.NC1CNC(=O)C1. The van der Waals surface area contributed by atoms with Crippen molar-refractivity contribution in [2.24, 2.45) is 5.73 Å². The minimum absolute atomic E-state index is 0.0625. The van der Waals surface area contributed by atoms with E-state index in [9.17, 15) is 9.59 Å². The molecule has 92 valence electrons. The summed E-state index contributed by atoms with van der Waals surface area (Å²) in [4.78, 5) is 20.6. The number of hydrogen-bond acceptors (Lipinski definition) is 3. The van der Waals surface area contributed by atoms with Crippen LogP contribution in [-0.4, -0.2) is 29.6 Å². The van der Waals surface area contributed by atoms with Crippen molar-refractivity contribution in [3.63, 3.8) is 0 Å². The van der Waals surface area contributed by atoms with Crippen LogP contribution in [0.5, 0.6) is 0 Å². The lowest BCUT2D eigenvalue weighted by Gasteiger charge is -1.93. The molecule has 0 spiro atoms. The normalized spacial score (nSPS) is 18.0. The van der Waals surface area contributed by atoms with Gasteiger partial charge >= 0.3 is 5.97 Å². The van der Waals surface area contributed by atoms with E-state index in [1.54, 1.807) is 18.2 Å². The summed E-state index contributed by atoms with van der Waals surface area (Å²) in [5, 5.41) is 11.1. The Morgan fingerprint density at radius 2 is 2.24 bits per heavy atom. The minimum atomic E-state index is -0.872. The molecule has 0 saturated carbocycles. The molecule has 1 heterocycles. The molecule has 0 bridgehead atoms. The second-order valence-electron chi connectivity index (χ2n) is 3.94. The fourth-order valence-electron chi connectivity index (χ4n) is 1.41. The van der Waals surface area contributed by atoms with E-state index >= 15 is 0 Å². The topological polar surface area (TPSA) is 92.4 Å². The first-order valence-corrected chi connectivity index (χ1v) is 5.31. The highest BCUT2D eigenvalue weighted by Gasteiger charge is 2.15. The molecule has 0 aliphatic carbocycles. The molecular formula is C12H16N2O3. The third-order valence-corrected chi connectivity index (χ3v) is 2.27. The number of nitrogens with two attached hydrogens (primary N) is 1. The minimum Gasteiger partial charge on any atom is -0.478 e. The molecule has 1 fully saturated rings. The third-order valence-electron chi connectivity index (χ3n) is 2.27. The molecule has 1 aliphatic heterocycles. The van der Waals surface area contributed by atoms with Gasteiger partial charge in [-0.05, 0) is 19.1 Å². The summed E-state index contributed by atoms with van der Waals surface area (Å²) < 4.78 is 0. The van der Waals surface area contributed by atoms with Crippen molar-refractivity contribution in [3.05, 3.63) is 35.4 Å². The summed E-state index contributed by atoms with van der Waals surface area (Å²) in [5.74, 6) is -0.795. The van der Waals surface area contributed by atoms with Gasteiger partial charge < -0.3 is 16.2 Å². The van der Waals surface area contributed by atoms with Gasteiger partial charge in [0, 0.05) is 19.0 Å². The van der Waals surface area contributed by atoms with Gasteiger partial charge in [-0.15, -0.1) is 0 Å². The van der Waals surface area contributed by atoms with Crippen molar-refractivity contribution >= 4 is 11.9 Å². The van der Waals surface area contributed by atoms with Gasteiger partial charge in [-0.3, -0.25) is 4.79 Å². The van der Waals surface area contributed by atoms with Gasteiger partial charge in [-0.25, -0.2) is 4.79 Å². The Labute approximate surface area is 99.6 Å². The van der Waals surface area contributed by atoms with Crippen LogP contribution < -0.4 is 11.1 Å². The Hall–Kier alpha value is -1.88. The molecule has 4 N–H and O–H groups in total. The molecule has 1 aromatic carbocycles. The number of aromatic carboxylic acids is 1. The van der Waals surface area contributed by atoms with E-state index in [2.05, 4.69) is 5.32 Å². The van der Waals surface area contributed by atoms with Crippen molar-refractivity contribution in [1.82, 2.24) is 5.32 Å². The van der Waals surface area contributed by atoms with E-state index in [-0.39, 0.29) is 11.9 Å². The number of carbonyl (C=O) groups is 2. The maximum absolute atomic E-state index is 10.4. The Bertz CT molecular complexity index is 418. The first-order chi connectivity index (χ1) is 7.99. The van der Waals surface area contributed by atoms with E-state index in [1.807, 2.05) is 13.0 Å². The lowest BCUT2D eigenvalue weighted by atomic mass is 10.1. The first kappa shape index (κ1) is 13.2. The molecule has 1 atom stereocenters. The molecule has 1 saturated heterocycles. The molecular weight excluding hydrogens is 220 g/mol. The van der Waals surface area contributed by atoms with Crippen LogP contribution in [0.3, 0.4) is 0 Å². The van der Waals surface area contributed by atoms with Crippen LogP contribution in [-0.2, 0) is 4.79 Å². The number of amides is 1. The number of aryl methyl sites for hydroxylation is 1. The van der Waals surface area contributed by atoms with Crippen molar-refractivity contribution in [2.45, 2.75) is 19.4 Å². The Morgan fingerprint density at radius 3 is 2.53 bits per heavy atom. The number of carbonyl (C=O) groups excluding carboxylic acids is 1. The van der Waals surface area contributed by atoms with E-state index in [0.29, 0.717) is 18.5 Å². The quantitative estimate of drug-likeness (QED) is 0.663. The zero-order valence-electron chi connectivity index (χ0n) is 9.64. The van der Waals surface area contributed by atoms with Crippen molar-refractivity contribution in [1.29, 1.82) is 0 Å². The summed E-state index contributed by atoms with van der Waals surface area (Å²) in [7, 11) is 0. The molecule has 1 amide bonds. The average Bonchev–Trinajstić information content (AvgIpc) is 2.63. The highest BCUT2D eigenvalue weighted by atomic mass is 16.4. The standard InChI is InChI=1S/C8H8O2.C4H8N2O/c1-6-3-2-4-7(5-6)8(9)10;5-3-1-4(7)6-2-3/h2-5H,1H3,(H,9,10);3H,1-2,5H2,(H,6,7). The van der Waals surface area contributed by atoms with Crippen molar-refractivity contribution in [2.75, 3.05) is 6.54 Å². The molecule has 2 rings (SSSR count). The molecule has 5 heteroatoms. The van der Waals surface area contributed by atoms with Gasteiger partial charge in [0.05, 0.1) is 5.56 Å². The highest BCUT2D eigenvalue weighted by molar-refractivity contribution is 5.87. The summed E-state index contributed by atoms with van der Waals surface area (Å²) in [6.07, 6.45) is 0.500. The fourth-order valence-corrected chi connectivity index (χ4v) is 1.41. The average molecular weight is 236 g/mol. The molecule has 0 radical (unpaired) electrons. The Morgan fingerprint density at radius 1 is 1.53 bits per heavy atom. The lowest BCUT2D eigenvalue weighted by molar-refractivity contribution is -0.119. The van der Waals surface area contributed by atoms with Crippen LogP contribution in [0.4, 0.5) is 0 Å². The summed E-state index contributed by atoms with van der Waals surface area (Å²) >= 11 is 0. The van der Waals surface area contributed by atoms with Gasteiger partial charge in [0.25, 0.3) is 0 Å². The number of benzene rings is 1. The van der Waals surface area contributed by atoms with Gasteiger partial charge in [0.2, 0.25) is 5.91 Å². The third kappa shape index (κ3) is 4.65. The first-order valence-electron chi connectivity index (χ1n) is 5.31. The van der Waals surface area contributed by atoms with E-state index in [1.165, 1.54) is 0 Å². The van der Waals surface area contributed by atoms with Crippen LogP contribution in [0.25, 0.3) is 0 Å². The monoisotopic (exact) mass is 236 g/mol. The smallest absolute Gasteiger partial charge is 0.335 e. The fraction of sp³-hybridized carbons (Fsp3) is 0.333. The van der Waals surface area contributed by atoms with E-state index in [0.717, 1.165) is 5.56 Å². The zero-order valence-corrected chi connectivity index (χ0v) is 9.64.